The number of para-hydroxylation sites is 1. The monoisotopic (exact) mass is 317 g/mol. The summed E-state index contributed by atoms with van der Waals surface area (Å²) in [4.78, 5) is 9.07. The second kappa shape index (κ2) is 6.08. The van der Waals surface area contributed by atoms with Gasteiger partial charge in [0.15, 0.2) is 5.16 Å². The maximum atomic E-state index is 6.48. The number of hydrogen-bond acceptors (Lipinski definition) is 3. The molecule has 3 aromatic rings. The van der Waals surface area contributed by atoms with Crippen LogP contribution in [0.25, 0.3) is 10.9 Å². The van der Waals surface area contributed by atoms with Crippen molar-refractivity contribution in [2.24, 2.45) is 0 Å². The molecule has 2 aromatic heterocycles. The summed E-state index contributed by atoms with van der Waals surface area (Å²) in [5.74, 6) is 0.724. The van der Waals surface area contributed by atoms with Gasteiger partial charge in [0, 0.05) is 30.1 Å². The highest BCUT2D eigenvalue weighted by molar-refractivity contribution is 7.98. The van der Waals surface area contributed by atoms with Crippen LogP contribution < -0.4 is 0 Å². The second-order valence-electron chi connectivity index (χ2n) is 4.80. The Labute approximate surface area is 133 Å². The first kappa shape index (κ1) is 14.4. The highest BCUT2D eigenvalue weighted by atomic mass is 35.5. The Morgan fingerprint density at radius 1 is 1.29 bits per heavy atom. The number of aromatic nitrogens is 3. The van der Waals surface area contributed by atoms with Crippen molar-refractivity contribution in [3.63, 3.8) is 0 Å². The first-order valence-electron chi connectivity index (χ1n) is 6.88. The molecular formula is C16H16ClN3S. The molecule has 3 nitrogen and oxygen atoms in total. The Bertz CT molecular complexity index is 782. The smallest absolute Gasteiger partial charge is 0.168 e. The van der Waals surface area contributed by atoms with Crippen LogP contribution in [0.1, 0.15) is 18.2 Å². The molecule has 0 saturated heterocycles. The maximum absolute atomic E-state index is 6.48. The van der Waals surface area contributed by atoms with E-state index >= 15 is 0 Å². The summed E-state index contributed by atoms with van der Waals surface area (Å²) in [5, 5.41) is 2.88. The fraction of sp³-hybridized carbons (Fsp3) is 0.250. The number of rotatable bonds is 4. The average molecular weight is 318 g/mol. The molecule has 1 aromatic carbocycles. The quantitative estimate of drug-likeness (QED) is 0.653. The van der Waals surface area contributed by atoms with Crippen LogP contribution in [0.3, 0.4) is 0 Å². The largest absolute Gasteiger partial charge is 0.326 e. The maximum Gasteiger partial charge on any atom is 0.168 e. The van der Waals surface area contributed by atoms with Crippen molar-refractivity contribution >= 4 is 34.3 Å². The molecule has 0 radical (unpaired) electrons. The van der Waals surface area contributed by atoms with Crippen molar-refractivity contribution in [1.82, 2.24) is 14.5 Å². The van der Waals surface area contributed by atoms with E-state index < -0.39 is 0 Å². The van der Waals surface area contributed by atoms with E-state index in [0.717, 1.165) is 44.6 Å². The van der Waals surface area contributed by atoms with Gasteiger partial charge >= 0.3 is 0 Å². The van der Waals surface area contributed by atoms with Gasteiger partial charge < -0.3 is 4.57 Å². The van der Waals surface area contributed by atoms with Crippen LogP contribution in [0.15, 0.2) is 41.8 Å². The van der Waals surface area contributed by atoms with E-state index in [1.807, 2.05) is 37.5 Å². The van der Waals surface area contributed by atoms with E-state index in [0.29, 0.717) is 0 Å². The van der Waals surface area contributed by atoms with Crippen LogP contribution in [-0.4, -0.2) is 14.5 Å². The SMILES string of the molecule is CCn1ccnc1SCc1nc2ccccc2c(C)c1Cl. The predicted molar refractivity (Wildman–Crippen MR) is 89.0 cm³/mol. The lowest BCUT2D eigenvalue weighted by atomic mass is 10.1. The number of imidazole rings is 1. The van der Waals surface area contributed by atoms with Gasteiger partial charge in [0.2, 0.25) is 0 Å². The van der Waals surface area contributed by atoms with Gasteiger partial charge in [0.25, 0.3) is 0 Å². The van der Waals surface area contributed by atoms with Crippen molar-refractivity contribution in [2.75, 3.05) is 0 Å². The zero-order chi connectivity index (χ0) is 14.8. The van der Waals surface area contributed by atoms with Crippen molar-refractivity contribution in [3.05, 3.63) is 52.9 Å². The molecule has 0 atom stereocenters. The molecule has 0 aliphatic carbocycles. The van der Waals surface area contributed by atoms with E-state index in [2.05, 4.69) is 22.5 Å². The van der Waals surface area contributed by atoms with E-state index in [1.165, 1.54) is 0 Å². The number of nitrogens with zero attached hydrogens (tertiary/aromatic N) is 3. The zero-order valence-corrected chi connectivity index (χ0v) is 13.6. The van der Waals surface area contributed by atoms with E-state index in [1.54, 1.807) is 11.8 Å². The lowest BCUT2D eigenvalue weighted by Gasteiger charge is -2.10. The van der Waals surface area contributed by atoms with Gasteiger partial charge in [-0.15, -0.1) is 0 Å². The summed E-state index contributed by atoms with van der Waals surface area (Å²) in [6, 6.07) is 8.10. The third kappa shape index (κ3) is 2.78. The molecule has 108 valence electrons. The molecule has 0 saturated carbocycles. The van der Waals surface area contributed by atoms with Gasteiger partial charge in [0.1, 0.15) is 0 Å². The standard InChI is InChI=1S/C16H16ClN3S/c1-3-20-9-8-18-16(20)21-10-14-15(17)11(2)12-6-4-5-7-13(12)19-14/h4-9H,3,10H2,1-2H3. The van der Waals surface area contributed by atoms with Crippen LogP contribution in [0.5, 0.6) is 0 Å². The van der Waals surface area contributed by atoms with Crippen molar-refractivity contribution in [3.8, 4) is 0 Å². The van der Waals surface area contributed by atoms with Gasteiger partial charge in [-0.25, -0.2) is 4.98 Å². The molecular weight excluding hydrogens is 302 g/mol. The normalized spacial score (nSPS) is 11.2. The molecule has 0 amide bonds. The number of aryl methyl sites for hydroxylation is 2. The Balaban J connectivity index is 1.92. The Morgan fingerprint density at radius 3 is 2.90 bits per heavy atom. The highest BCUT2D eigenvalue weighted by Crippen LogP contribution is 2.30. The number of thioether (sulfide) groups is 1. The summed E-state index contributed by atoms with van der Waals surface area (Å²) in [5.41, 5.74) is 3.01. The minimum Gasteiger partial charge on any atom is -0.326 e. The van der Waals surface area contributed by atoms with Crippen LogP contribution in [-0.2, 0) is 12.3 Å². The summed E-state index contributed by atoms with van der Waals surface area (Å²) in [7, 11) is 0. The van der Waals surface area contributed by atoms with E-state index in [-0.39, 0.29) is 0 Å². The second-order valence-corrected chi connectivity index (χ2v) is 6.12. The van der Waals surface area contributed by atoms with Gasteiger partial charge in [-0.05, 0) is 25.5 Å². The topological polar surface area (TPSA) is 30.7 Å². The molecule has 0 bridgehead atoms. The molecule has 21 heavy (non-hydrogen) atoms. The molecule has 0 unspecified atom stereocenters. The average Bonchev–Trinajstić information content (AvgIpc) is 2.97. The molecule has 0 spiro atoms. The highest BCUT2D eigenvalue weighted by Gasteiger charge is 2.11. The first-order valence-corrected chi connectivity index (χ1v) is 8.24. The summed E-state index contributed by atoms with van der Waals surface area (Å²) < 4.78 is 2.12. The van der Waals surface area contributed by atoms with Crippen molar-refractivity contribution in [2.45, 2.75) is 31.3 Å². The number of hydrogen-bond donors (Lipinski definition) is 0. The van der Waals surface area contributed by atoms with E-state index in [4.69, 9.17) is 16.6 Å². The third-order valence-corrected chi connectivity index (χ3v) is 5.02. The minimum absolute atomic E-state index is 0.724. The molecule has 2 heterocycles. The van der Waals surface area contributed by atoms with E-state index in [9.17, 15) is 0 Å². The Morgan fingerprint density at radius 2 is 2.10 bits per heavy atom. The fourth-order valence-electron chi connectivity index (χ4n) is 2.32. The molecule has 0 N–H and O–H groups in total. The zero-order valence-electron chi connectivity index (χ0n) is 12.0. The molecule has 5 heteroatoms. The van der Waals surface area contributed by atoms with Crippen molar-refractivity contribution in [1.29, 1.82) is 0 Å². The van der Waals surface area contributed by atoms with Crippen molar-refractivity contribution < 1.29 is 0 Å². The fourth-order valence-corrected chi connectivity index (χ4v) is 3.58. The summed E-state index contributed by atoms with van der Waals surface area (Å²) in [6.07, 6.45) is 3.82. The van der Waals surface area contributed by atoms with Crippen LogP contribution >= 0.6 is 23.4 Å². The lowest BCUT2D eigenvalue weighted by molar-refractivity contribution is 0.681. The summed E-state index contributed by atoms with van der Waals surface area (Å²) >= 11 is 8.15. The Hall–Kier alpha value is -1.52. The number of fused-ring (bicyclic) bond motifs is 1. The van der Waals surface area contributed by atoms with Gasteiger partial charge in [-0.3, -0.25) is 4.98 Å². The molecule has 0 fully saturated rings. The predicted octanol–water partition coefficient (Wildman–Crippen LogP) is 4.71. The molecule has 0 aliphatic rings. The Kier molecular flexibility index (Phi) is 4.17. The molecule has 3 rings (SSSR count). The number of pyridine rings is 1. The molecule has 0 aliphatic heterocycles. The van der Waals surface area contributed by atoms with Gasteiger partial charge in [-0.2, -0.15) is 0 Å². The van der Waals surface area contributed by atoms with Crippen LogP contribution in [0.2, 0.25) is 5.02 Å². The lowest BCUT2D eigenvalue weighted by Crippen LogP contribution is -1.97. The van der Waals surface area contributed by atoms with Crippen LogP contribution in [0.4, 0.5) is 0 Å². The first-order chi connectivity index (χ1) is 10.2. The summed E-state index contributed by atoms with van der Waals surface area (Å²) in [6.45, 7) is 5.07. The van der Waals surface area contributed by atoms with Gasteiger partial charge in [0.05, 0.1) is 16.2 Å². The minimum atomic E-state index is 0.724. The third-order valence-electron chi connectivity index (χ3n) is 3.50. The number of benzene rings is 1. The number of halogens is 1. The van der Waals surface area contributed by atoms with Gasteiger partial charge in [-0.1, -0.05) is 41.6 Å². The van der Waals surface area contributed by atoms with Crippen LogP contribution in [0, 0.1) is 6.92 Å².